The number of nitrogens with one attached hydrogen (secondary N) is 1. The zero-order valence-corrected chi connectivity index (χ0v) is 12.7. The monoisotopic (exact) mass is 281 g/mol. The second-order valence-corrected chi connectivity index (χ2v) is 6.71. The number of aromatic nitrogens is 2. The van der Waals surface area contributed by atoms with Gasteiger partial charge in [-0.3, -0.25) is 4.68 Å². The van der Waals surface area contributed by atoms with Crippen molar-refractivity contribution in [2.24, 2.45) is 5.92 Å². The van der Waals surface area contributed by atoms with E-state index in [4.69, 9.17) is 0 Å². The molecule has 0 bridgehead atoms. The molecule has 0 amide bonds. The van der Waals surface area contributed by atoms with E-state index < -0.39 is 0 Å². The predicted octanol–water partition coefficient (Wildman–Crippen LogP) is 4.09. The Balaban J connectivity index is 1.37. The van der Waals surface area contributed by atoms with Gasteiger partial charge >= 0.3 is 0 Å². The summed E-state index contributed by atoms with van der Waals surface area (Å²) in [6.45, 7) is 4.20. The fourth-order valence-electron chi connectivity index (χ4n) is 3.02. The molecular formula is C18H23N3. The van der Waals surface area contributed by atoms with Gasteiger partial charge in [0.1, 0.15) is 0 Å². The minimum absolute atomic E-state index is 0.840. The van der Waals surface area contributed by atoms with Crippen molar-refractivity contribution < 1.29 is 0 Å². The number of hydrogen-bond donors (Lipinski definition) is 1. The summed E-state index contributed by atoms with van der Waals surface area (Å²) in [7, 11) is 0. The molecule has 21 heavy (non-hydrogen) atoms. The van der Waals surface area contributed by atoms with Crippen molar-refractivity contribution in [1.82, 2.24) is 9.78 Å². The number of hydrogen-bond acceptors (Lipinski definition) is 2. The van der Waals surface area contributed by atoms with Gasteiger partial charge in [-0.15, -0.1) is 0 Å². The van der Waals surface area contributed by atoms with Crippen LogP contribution in [0.3, 0.4) is 0 Å². The zero-order chi connectivity index (χ0) is 14.2. The van der Waals surface area contributed by atoms with Gasteiger partial charge in [-0.2, -0.15) is 5.10 Å². The highest BCUT2D eigenvalue weighted by Gasteiger charge is 2.24. The summed E-state index contributed by atoms with van der Waals surface area (Å²) in [5.41, 5.74) is 5.48. The molecule has 1 N–H and O–H groups in total. The summed E-state index contributed by atoms with van der Waals surface area (Å²) in [5.74, 6) is 1.71. The molecule has 2 fully saturated rings. The highest BCUT2D eigenvalue weighted by molar-refractivity contribution is 5.41. The van der Waals surface area contributed by atoms with Crippen molar-refractivity contribution >= 4 is 5.69 Å². The fraction of sp³-hybridized carbons (Fsp3) is 0.500. The lowest BCUT2D eigenvalue weighted by Crippen LogP contribution is -2.01. The molecule has 0 radical (unpaired) electrons. The second kappa shape index (κ2) is 5.21. The molecule has 3 nitrogen and oxygen atoms in total. The Bertz CT molecular complexity index is 636. The molecule has 3 heteroatoms. The summed E-state index contributed by atoms with van der Waals surface area (Å²) >= 11 is 0. The first-order valence-corrected chi connectivity index (χ1v) is 8.14. The molecule has 0 spiro atoms. The molecule has 2 aromatic rings. The van der Waals surface area contributed by atoms with E-state index in [1.807, 2.05) is 6.20 Å². The SMILES string of the molecule is Cc1cc(CNc2cnn(CC3CC3)c2)ccc1C1CC1. The molecule has 0 atom stereocenters. The van der Waals surface area contributed by atoms with Gasteiger partial charge in [-0.1, -0.05) is 18.2 Å². The third-order valence-electron chi connectivity index (χ3n) is 4.62. The summed E-state index contributed by atoms with van der Waals surface area (Å²) in [4.78, 5) is 0. The molecule has 1 heterocycles. The summed E-state index contributed by atoms with van der Waals surface area (Å²) in [5, 5.41) is 7.91. The largest absolute Gasteiger partial charge is 0.378 e. The van der Waals surface area contributed by atoms with E-state index in [-0.39, 0.29) is 0 Å². The van der Waals surface area contributed by atoms with E-state index in [1.165, 1.54) is 36.8 Å². The maximum atomic E-state index is 4.43. The van der Waals surface area contributed by atoms with Crippen molar-refractivity contribution in [3.63, 3.8) is 0 Å². The minimum atomic E-state index is 0.840. The van der Waals surface area contributed by atoms with Gasteiger partial charge in [0, 0.05) is 19.3 Å². The van der Waals surface area contributed by atoms with Gasteiger partial charge in [0.2, 0.25) is 0 Å². The zero-order valence-electron chi connectivity index (χ0n) is 12.7. The first-order valence-electron chi connectivity index (χ1n) is 8.14. The second-order valence-electron chi connectivity index (χ2n) is 6.71. The predicted molar refractivity (Wildman–Crippen MR) is 85.4 cm³/mol. The van der Waals surface area contributed by atoms with Crippen LogP contribution in [0.1, 0.15) is 48.3 Å². The van der Waals surface area contributed by atoms with Crippen LogP contribution in [-0.2, 0) is 13.1 Å². The number of rotatable bonds is 6. The van der Waals surface area contributed by atoms with E-state index in [0.717, 1.165) is 30.6 Å². The van der Waals surface area contributed by atoms with E-state index in [9.17, 15) is 0 Å². The van der Waals surface area contributed by atoms with Crippen LogP contribution >= 0.6 is 0 Å². The smallest absolute Gasteiger partial charge is 0.0729 e. The lowest BCUT2D eigenvalue weighted by atomic mass is 10.0. The van der Waals surface area contributed by atoms with Gasteiger partial charge in [-0.25, -0.2) is 0 Å². The fourth-order valence-corrected chi connectivity index (χ4v) is 3.02. The maximum Gasteiger partial charge on any atom is 0.0729 e. The lowest BCUT2D eigenvalue weighted by molar-refractivity contribution is 0.563. The van der Waals surface area contributed by atoms with Crippen LogP contribution in [0.5, 0.6) is 0 Å². The standard InChI is InChI=1S/C18H23N3/c1-13-8-15(4-7-18(13)16-5-6-16)9-19-17-10-20-21(12-17)11-14-2-3-14/h4,7-8,10,12,14,16,19H,2-3,5-6,9,11H2,1H3. The first-order chi connectivity index (χ1) is 10.3. The van der Waals surface area contributed by atoms with Crippen LogP contribution in [0.4, 0.5) is 5.69 Å². The Hall–Kier alpha value is -1.77. The lowest BCUT2D eigenvalue weighted by Gasteiger charge is -2.08. The number of aryl methyl sites for hydroxylation is 1. The summed E-state index contributed by atoms with van der Waals surface area (Å²) < 4.78 is 2.07. The van der Waals surface area contributed by atoms with Crippen LogP contribution in [0.2, 0.25) is 0 Å². The van der Waals surface area contributed by atoms with E-state index in [1.54, 1.807) is 5.56 Å². The molecule has 110 valence electrons. The van der Waals surface area contributed by atoms with Crippen LogP contribution < -0.4 is 5.32 Å². The van der Waals surface area contributed by atoms with Crippen molar-refractivity contribution in [2.75, 3.05) is 5.32 Å². The van der Waals surface area contributed by atoms with Gasteiger partial charge in [0.25, 0.3) is 0 Å². The summed E-state index contributed by atoms with van der Waals surface area (Å²) in [6.07, 6.45) is 9.55. The quantitative estimate of drug-likeness (QED) is 0.864. The van der Waals surface area contributed by atoms with Crippen LogP contribution in [-0.4, -0.2) is 9.78 Å². The molecule has 2 aliphatic rings. The Morgan fingerprint density at radius 2 is 2.10 bits per heavy atom. The van der Waals surface area contributed by atoms with Crippen molar-refractivity contribution in [3.8, 4) is 0 Å². The Morgan fingerprint density at radius 1 is 1.24 bits per heavy atom. The number of benzene rings is 1. The molecule has 0 unspecified atom stereocenters. The molecule has 2 saturated carbocycles. The van der Waals surface area contributed by atoms with Crippen molar-refractivity contribution in [1.29, 1.82) is 0 Å². The average molecular weight is 281 g/mol. The Morgan fingerprint density at radius 3 is 2.81 bits per heavy atom. The minimum Gasteiger partial charge on any atom is -0.378 e. The third kappa shape index (κ3) is 3.12. The highest BCUT2D eigenvalue weighted by Crippen LogP contribution is 2.41. The molecule has 1 aromatic heterocycles. The van der Waals surface area contributed by atoms with E-state index >= 15 is 0 Å². The molecule has 4 rings (SSSR count). The molecule has 0 saturated heterocycles. The van der Waals surface area contributed by atoms with E-state index in [0.29, 0.717) is 0 Å². The average Bonchev–Trinajstić information content (AvgIpc) is 3.37. The summed E-state index contributed by atoms with van der Waals surface area (Å²) in [6, 6.07) is 6.91. The van der Waals surface area contributed by atoms with Crippen molar-refractivity contribution in [3.05, 3.63) is 47.3 Å². The van der Waals surface area contributed by atoms with Crippen molar-refractivity contribution in [2.45, 2.75) is 51.6 Å². The normalized spacial score (nSPS) is 18.0. The molecule has 1 aromatic carbocycles. The number of nitrogens with zero attached hydrogens (tertiary/aromatic N) is 2. The van der Waals surface area contributed by atoms with Gasteiger partial charge in [0.15, 0.2) is 0 Å². The first kappa shape index (κ1) is 12.9. The van der Waals surface area contributed by atoms with Gasteiger partial charge in [0.05, 0.1) is 11.9 Å². The number of anilines is 1. The van der Waals surface area contributed by atoms with Gasteiger partial charge in [-0.05, 0) is 61.1 Å². The Kier molecular flexibility index (Phi) is 3.21. The Labute approximate surface area is 126 Å². The van der Waals surface area contributed by atoms with E-state index in [2.05, 4.69) is 46.4 Å². The topological polar surface area (TPSA) is 29.9 Å². The maximum absolute atomic E-state index is 4.43. The van der Waals surface area contributed by atoms with Gasteiger partial charge < -0.3 is 5.32 Å². The molecule has 2 aliphatic carbocycles. The third-order valence-corrected chi connectivity index (χ3v) is 4.62. The molecular weight excluding hydrogens is 258 g/mol. The molecule has 0 aliphatic heterocycles. The van der Waals surface area contributed by atoms with Crippen LogP contribution in [0, 0.1) is 12.8 Å². The highest BCUT2D eigenvalue weighted by atomic mass is 15.3. The van der Waals surface area contributed by atoms with Crippen LogP contribution in [0.25, 0.3) is 0 Å². The van der Waals surface area contributed by atoms with Crippen LogP contribution in [0.15, 0.2) is 30.6 Å².